The summed E-state index contributed by atoms with van der Waals surface area (Å²) >= 11 is 0. The standard InChI is InChI=1S/C59H54N2/c1-39-23-15-21-33-51(39)60(41-25-11-9-12-26-41)43-35-36-48-49(37-43)44-29-17-19-31-46(44)55-54-47-32-20-18-30-45(47)53(38-50(54)59(56(48)55,57(3,4)5)58(6,7)8)61(42-27-13-10-14-28-42)52-34-22-16-24-40(52)2/h9-38H,1-8H3. The molecule has 2 nitrogen and oxygen atoms in total. The summed E-state index contributed by atoms with van der Waals surface area (Å²) in [6, 6.07) is 67.5. The Bertz CT molecular complexity index is 3110. The molecule has 2 heteroatoms. The Morgan fingerprint density at radius 1 is 0.344 bits per heavy atom. The summed E-state index contributed by atoms with van der Waals surface area (Å²) < 4.78 is 0. The lowest BCUT2D eigenvalue weighted by Crippen LogP contribution is -2.50. The molecule has 0 radical (unpaired) electrons. The van der Waals surface area contributed by atoms with Gasteiger partial charge in [-0.15, -0.1) is 0 Å². The van der Waals surface area contributed by atoms with Crippen molar-refractivity contribution in [2.24, 2.45) is 10.8 Å². The number of benzene rings is 9. The highest BCUT2D eigenvalue weighted by atomic mass is 15.2. The molecule has 0 saturated carbocycles. The van der Waals surface area contributed by atoms with Crippen LogP contribution >= 0.6 is 0 Å². The summed E-state index contributed by atoms with van der Waals surface area (Å²) in [6.07, 6.45) is 0. The van der Waals surface area contributed by atoms with Crippen LogP contribution in [0.3, 0.4) is 0 Å². The molecule has 0 atom stereocenters. The van der Waals surface area contributed by atoms with Gasteiger partial charge in [0.1, 0.15) is 0 Å². The largest absolute Gasteiger partial charge is 0.310 e. The first kappa shape index (κ1) is 38.6. The number of para-hydroxylation sites is 4. The lowest BCUT2D eigenvalue weighted by molar-refractivity contribution is 0.0965. The highest BCUT2D eigenvalue weighted by Crippen LogP contribution is 2.69. The number of hydrogen-bond donors (Lipinski definition) is 0. The Morgan fingerprint density at radius 2 is 0.803 bits per heavy atom. The molecule has 61 heavy (non-hydrogen) atoms. The minimum absolute atomic E-state index is 0.198. The molecule has 0 bridgehead atoms. The molecule has 0 amide bonds. The van der Waals surface area contributed by atoms with Crippen molar-refractivity contribution in [1.82, 2.24) is 0 Å². The zero-order chi connectivity index (χ0) is 42.3. The lowest BCUT2D eigenvalue weighted by Gasteiger charge is -2.53. The van der Waals surface area contributed by atoms with Gasteiger partial charge in [-0.05, 0) is 140 Å². The molecule has 1 aliphatic rings. The molecule has 300 valence electrons. The van der Waals surface area contributed by atoms with Crippen molar-refractivity contribution >= 4 is 66.4 Å². The van der Waals surface area contributed by atoms with Crippen LogP contribution in [0, 0.1) is 24.7 Å². The minimum atomic E-state index is -0.406. The van der Waals surface area contributed by atoms with E-state index in [-0.39, 0.29) is 10.8 Å². The molecule has 0 N–H and O–H groups in total. The van der Waals surface area contributed by atoms with E-state index in [0.717, 1.165) is 17.1 Å². The monoisotopic (exact) mass is 790 g/mol. The molecule has 0 spiro atoms. The molecule has 0 saturated heterocycles. The van der Waals surface area contributed by atoms with Crippen LogP contribution in [0.2, 0.25) is 0 Å². The van der Waals surface area contributed by atoms with Crippen molar-refractivity contribution in [2.75, 3.05) is 9.80 Å². The molecule has 1 aliphatic carbocycles. The van der Waals surface area contributed by atoms with Crippen LogP contribution in [-0.2, 0) is 5.41 Å². The van der Waals surface area contributed by atoms with E-state index in [2.05, 4.69) is 247 Å². The van der Waals surface area contributed by atoms with Crippen molar-refractivity contribution in [2.45, 2.75) is 60.8 Å². The molecule has 9 aromatic rings. The first-order valence-electron chi connectivity index (χ1n) is 21.8. The maximum atomic E-state index is 2.60. The number of nitrogens with zero attached hydrogens (tertiary/aromatic N) is 2. The number of hydrogen-bond acceptors (Lipinski definition) is 2. The third-order valence-electron chi connectivity index (χ3n) is 13.6. The highest BCUT2D eigenvalue weighted by Gasteiger charge is 2.59. The summed E-state index contributed by atoms with van der Waals surface area (Å²) in [7, 11) is 0. The molecule has 0 fully saturated rings. The second-order valence-corrected chi connectivity index (χ2v) is 19.1. The predicted octanol–water partition coefficient (Wildman–Crippen LogP) is 17.1. The van der Waals surface area contributed by atoms with E-state index in [1.54, 1.807) is 0 Å². The van der Waals surface area contributed by atoms with Crippen LogP contribution < -0.4 is 9.80 Å². The van der Waals surface area contributed by atoms with Gasteiger partial charge in [0.2, 0.25) is 0 Å². The van der Waals surface area contributed by atoms with E-state index in [9.17, 15) is 0 Å². The number of fused-ring (bicyclic) bond motifs is 10. The van der Waals surface area contributed by atoms with Gasteiger partial charge in [0, 0.05) is 39.2 Å². The summed E-state index contributed by atoms with van der Waals surface area (Å²) in [5.74, 6) is 0. The van der Waals surface area contributed by atoms with Crippen molar-refractivity contribution in [3.63, 3.8) is 0 Å². The molecule has 9 aromatic carbocycles. The summed E-state index contributed by atoms with van der Waals surface area (Å²) in [4.78, 5) is 4.93. The van der Waals surface area contributed by atoms with Gasteiger partial charge in [-0.2, -0.15) is 0 Å². The molecule has 10 rings (SSSR count). The van der Waals surface area contributed by atoms with Crippen molar-refractivity contribution in [3.05, 3.63) is 204 Å². The molecule has 0 aliphatic heterocycles. The van der Waals surface area contributed by atoms with Crippen LogP contribution in [0.4, 0.5) is 34.1 Å². The molecule has 0 aromatic heterocycles. The second kappa shape index (κ2) is 14.2. The first-order valence-corrected chi connectivity index (χ1v) is 21.8. The number of rotatable bonds is 6. The van der Waals surface area contributed by atoms with E-state index in [1.807, 2.05) is 0 Å². The zero-order valence-corrected chi connectivity index (χ0v) is 36.7. The maximum Gasteiger partial charge on any atom is 0.0543 e. The van der Waals surface area contributed by atoms with E-state index < -0.39 is 5.41 Å². The zero-order valence-electron chi connectivity index (χ0n) is 36.7. The highest BCUT2D eigenvalue weighted by molar-refractivity contribution is 6.23. The summed E-state index contributed by atoms with van der Waals surface area (Å²) in [5.41, 5.74) is 14.3. The Morgan fingerprint density at radius 3 is 1.36 bits per heavy atom. The Balaban J connectivity index is 1.36. The van der Waals surface area contributed by atoms with E-state index in [0.29, 0.717) is 0 Å². The fraction of sp³-hybridized carbons (Fsp3) is 0.186. The third kappa shape index (κ3) is 5.76. The van der Waals surface area contributed by atoms with Gasteiger partial charge in [0.25, 0.3) is 0 Å². The average Bonchev–Trinajstić information content (AvgIpc) is 3.60. The van der Waals surface area contributed by atoms with Crippen LogP contribution in [0.25, 0.3) is 43.4 Å². The van der Waals surface area contributed by atoms with Gasteiger partial charge in [-0.3, -0.25) is 0 Å². The van der Waals surface area contributed by atoms with Gasteiger partial charge in [-0.25, -0.2) is 0 Å². The Kier molecular flexibility index (Phi) is 9.00. The van der Waals surface area contributed by atoms with Crippen molar-refractivity contribution in [1.29, 1.82) is 0 Å². The molecule has 0 heterocycles. The van der Waals surface area contributed by atoms with Crippen LogP contribution in [-0.4, -0.2) is 0 Å². The lowest BCUT2D eigenvalue weighted by atomic mass is 9.49. The third-order valence-corrected chi connectivity index (χ3v) is 13.6. The number of anilines is 6. The van der Waals surface area contributed by atoms with E-state index in [1.165, 1.54) is 82.8 Å². The van der Waals surface area contributed by atoms with Crippen LogP contribution in [0.5, 0.6) is 0 Å². The fourth-order valence-corrected chi connectivity index (χ4v) is 11.5. The Hall–Kier alpha value is -6.64. The van der Waals surface area contributed by atoms with Crippen LogP contribution in [0.1, 0.15) is 63.8 Å². The van der Waals surface area contributed by atoms with Gasteiger partial charge in [0.05, 0.1) is 5.69 Å². The summed E-state index contributed by atoms with van der Waals surface area (Å²) in [6.45, 7) is 19.3. The minimum Gasteiger partial charge on any atom is -0.310 e. The van der Waals surface area contributed by atoms with Gasteiger partial charge in [0.15, 0.2) is 0 Å². The number of aryl methyl sites for hydroxylation is 2. The summed E-state index contributed by atoms with van der Waals surface area (Å²) in [5, 5.41) is 7.71. The van der Waals surface area contributed by atoms with Crippen molar-refractivity contribution in [3.8, 4) is 11.1 Å². The maximum absolute atomic E-state index is 2.60. The molecule has 0 unspecified atom stereocenters. The van der Waals surface area contributed by atoms with Crippen molar-refractivity contribution < 1.29 is 0 Å². The topological polar surface area (TPSA) is 6.48 Å². The predicted molar refractivity (Wildman–Crippen MR) is 263 cm³/mol. The molecular weight excluding hydrogens is 737 g/mol. The van der Waals surface area contributed by atoms with E-state index in [4.69, 9.17) is 0 Å². The van der Waals surface area contributed by atoms with Gasteiger partial charge in [-0.1, -0.05) is 169 Å². The quantitative estimate of drug-likeness (QED) is 0.155. The fourth-order valence-electron chi connectivity index (χ4n) is 11.5. The SMILES string of the molecule is Cc1ccccc1N(c1ccccc1)c1ccc2c3c(c4ccccc4c2c1)-c1c(cc(N(c2ccccc2)c2ccccc2C)c2ccccc12)C3(C(C)(C)C)C(C)(C)C. The normalized spacial score (nSPS) is 13.4. The Labute approximate surface area is 361 Å². The van der Waals surface area contributed by atoms with Crippen LogP contribution in [0.15, 0.2) is 182 Å². The van der Waals surface area contributed by atoms with Gasteiger partial charge < -0.3 is 9.80 Å². The van der Waals surface area contributed by atoms with Gasteiger partial charge >= 0.3 is 0 Å². The van der Waals surface area contributed by atoms with E-state index >= 15 is 0 Å². The first-order chi connectivity index (χ1) is 29.4. The molecular formula is C59H54N2. The smallest absolute Gasteiger partial charge is 0.0543 e. The second-order valence-electron chi connectivity index (χ2n) is 19.1. The average molecular weight is 791 g/mol.